The number of alkyl carbamates (subject to hydrolysis) is 1. The fourth-order valence-corrected chi connectivity index (χ4v) is 2.44. The number of hydrogen-bond donors (Lipinski definition) is 2. The van der Waals surface area contributed by atoms with Gasteiger partial charge in [-0.1, -0.05) is 0 Å². The number of hydrogen-bond acceptors (Lipinski definition) is 6. The van der Waals surface area contributed by atoms with Crippen LogP contribution in [0, 0.1) is 0 Å². The Morgan fingerprint density at radius 3 is 2.55 bits per heavy atom. The van der Waals surface area contributed by atoms with Gasteiger partial charge in [-0.3, -0.25) is 0 Å². The summed E-state index contributed by atoms with van der Waals surface area (Å²) in [7, 11) is 1.32. The van der Waals surface area contributed by atoms with E-state index < -0.39 is 23.7 Å². The van der Waals surface area contributed by atoms with Crippen LogP contribution in [0.2, 0.25) is 0 Å². The van der Waals surface area contributed by atoms with Gasteiger partial charge in [-0.15, -0.1) is 11.3 Å². The number of nitrogens with two attached hydrogens (primary N) is 1. The maximum absolute atomic E-state index is 11.7. The van der Waals surface area contributed by atoms with Crippen molar-refractivity contribution >= 4 is 23.4 Å². The molecule has 1 unspecified atom stereocenters. The Kier molecular flexibility index (Phi) is 5.52. The van der Waals surface area contributed by atoms with Crippen molar-refractivity contribution in [1.29, 1.82) is 0 Å². The normalized spacial score (nSPS) is 12.7. The summed E-state index contributed by atoms with van der Waals surface area (Å²) >= 11 is 1.23. The zero-order valence-electron chi connectivity index (χ0n) is 12.1. The smallest absolute Gasteiger partial charge is 0.408 e. The molecule has 0 radical (unpaired) electrons. The van der Waals surface area contributed by atoms with Crippen LogP contribution in [0.3, 0.4) is 0 Å². The quantitative estimate of drug-likeness (QED) is 0.831. The lowest BCUT2D eigenvalue weighted by molar-refractivity contribution is 0.0505. The molecule has 0 aliphatic rings. The number of amides is 1. The minimum absolute atomic E-state index is 0.209. The molecule has 1 rings (SSSR count). The lowest BCUT2D eigenvalue weighted by Gasteiger charge is -2.22. The number of thiophene rings is 1. The first-order valence-electron chi connectivity index (χ1n) is 6.14. The summed E-state index contributed by atoms with van der Waals surface area (Å²) in [4.78, 5) is 24.4. The van der Waals surface area contributed by atoms with Crippen LogP contribution in [0.15, 0.2) is 12.1 Å². The van der Waals surface area contributed by atoms with Crippen LogP contribution in [-0.4, -0.2) is 31.3 Å². The standard InChI is InChI=1S/C13H20N2O4S/c1-13(2,3)19-12(17)15-8(7-14)9-5-6-10(20-9)11(16)18-4/h5-6,8H,7,14H2,1-4H3,(H,15,17). The number of esters is 1. The van der Waals surface area contributed by atoms with Gasteiger partial charge in [0.05, 0.1) is 13.2 Å². The van der Waals surface area contributed by atoms with E-state index in [0.717, 1.165) is 4.88 Å². The predicted octanol–water partition coefficient (Wildman–Crippen LogP) is 2.06. The Labute approximate surface area is 122 Å². The van der Waals surface area contributed by atoms with Gasteiger partial charge in [-0.2, -0.15) is 0 Å². The highest BCUT2D eigenvalue weighted by Crippen LogP contribution is 2.23. The monoisotopic (exact) mass is 300 g/mol. The summed E-state index contributed by atoms with van der Waals surface area (Å²) in [5.41, 5.74) is 5.08. The number of nitrogens with one attached hydrogen (secondary N) is 1. The zero-order chi connectivity index (χ0) is 15.3. The molecule has 0 aromatic carbocycles. The zero-order valence-corrected chi connectivity index (χ0v) is 12.9. The Balaban J connectivity index is 2.74. The lowest BCUT2D eigenvalue weighted by atomic mass is 10.2. The first-order valence-corrected chi connectivity index (χ1v) is 6.96. The summed E-state index contributed by atoms with van der Waals surface area (Å²) in [5.74, 6) is -0.408. The predicted molar refractivity (Wildman–Crippen MR) is 76.8 cm³/mol. The lowest BCUT2D eigenvalue weighted by Crippen LogP contribution is -2.37. The van der Waals surface area contributed by atoms with Crippen LogP contribution < -0.4 is 11.1 Å². The number of ether oxygens (including phenoxy) is 2. The summed E-state index contributed by atoms with van der Waals surface area (Å²) in [5, 5.41) is 2.68. The SMILES string of the molecule is COC(=O)c1ccc(C(CN)NC(=O)OC(C)(C)C)s1. The van der Waals surface area contributed by atoms with Crippen LogP contribution in [-0.2, 0) is 9.47 Å². The molecule has 0 bridgehead atoms. The van der Waals surface area contributed by atoms with E-state index in [-0.39, 0.29) is 6.54 Å². The molecule has 1 aromatic rings. The van der Waals surface area contributed by atoms with Gasteiger partial charge in [0.2, 0.25) is 0 Å². The van der Waals surface area contributed by atoms with Crippen molar-refractivity contribution in [3.63, 3.8) is 0 Å². The third-order valence-electron chi connectivity index (χ3n) is 2.28. The van der Waals surface area contributed by atoms with E-state index in [0.29, 0.717) is 4.88 Å². The maximum Gasteiger partial charge on any atom is 0.408 e. The molecule has 1 atom stereocenters. The highest BCUT2D eigenvalue weighted by atomic mass is 32.1. The average Bonchev–Trinajstić information content (AvgIpc) is 2.82. The van der Waals surface area contributed by atoms with Crippen molar-refractivity contribution in [3.8, 4) is 0 Å². The second kappa shape index (κ2) is 6.71. The van der Waals surface area contributed by atoms with Gasteiger partial charge in [0.1, 0.15) is 10.5 Å². The highest BCUT2D eigenvalue weighted by Gasteiger charge is 2.21. The summed E-state index contributed by atoms with van der Waals surface area (Å²) < 4.78 is 9.81. The van der Waals surface area contributed by atoms with E-state index >= 15 is 0 Å². The Hall–Kier alpha value is -1.60. The second-order valence-corrected chi connectivity index (χ2v) is 6.24. The third-order valence-corrected chi connectivity index (χ3v) is 3.46. The van der Waals surface area contributed by atoms with E-state index in [9.17, 15) is 9.59 Å². The van der Waals surface area contributed by atoms with Gasteiger partial charge in [-0.05, 0) is 32.9 Å². The van der Waals surface area contributed by atoms with Crippen molar-refractivity contribution in [2.24, 2.45) is 5.73 Å². The number of methoxy groups -OCH3 is 1. The molecule has 1 aromatic heterocycles. The molecular weight excluding hydrogens is 280 g/mol. The van der Waals surface area contributed by atoms with E-state index in [1.165, 1.54) is 18.4 Å². The highest BCUT2D eigenvalue weighted by molar-refractivity contribution is 7.14. The van der Waals surface area contributed by atoms with Crippen LogP contribution in [0.4, 0.5) is 4.79 Å². The second-order valence-electron chi connectivity index (χ2n) is 5.13. The van der Waals surface area contributed by atoms with E-state index in [1.807, 2.05) is 0 Å². The van der Waals surface area contributed by atoms with Crippen LogP contribution in [0.5, 0.6) is 0 Å². The number of carbonyl (C=O) groups is 2. The van der Waals surface area contributed by atoms with E-state index in [2.05, 4.69) is 10.1 Å². The topological polar surface area (TPSA) is 90.6 Å². The Morgan fingerprint density at radius 2 is 2.05 bits per heavy atom. The molecule has 3 N–H and O–H groups in total. The Morgan fingerprint density at radius 1 is 1.40 bits per heavy atom. The molecule has 1 heterocycles. The largest absolute Gasteiger partial charge is 0.465 e. The van der Waals surface area contributed by atoms with Crippen LogP contribution >= 0.6 is 11.3 Å². The Bertz CT molecular complexity index is 479. The van der Waals surface area contributed by atoms with Gasteiger partial charge in [0, 0.05) is 11.4 Å². The van der Waals surface area contributed by atoms with E-state index in [4.69, 9.17) is 10.5 Å². The summed E-state index contributed by atoms with van der Waals surface area (Å²) in [6.07, 6.45) is -0.541. The maximum atomic E-state index is 11.7. The summed E-state index contributed by atoms with van der Waals surface area (Å²) in [6.45, 7) is 5.56. The molecule has 0 spiro atoms. The third kappa shape index (κ3) is 4.82. The molecule has 0 aliphatic heterocycles. The average molecular weight is 300 g/mol. The van der Waals surface area contributed by atoms with Gasteiger partial charge >= 0.3 is 12.1 Å². The van der Waals surface area contributed by atoms with Crippen molar-refractivity contribution in [2.45, 2.75) is 32.4 Å². The van der Waals surface area contributed by atoms with Gasteiger partial charge in [0.15, 0.2) is 0 Å². The van der Waals surface area contributed by atoms with Gasteiger partial charge < -0.3 is 20.5 Å². The van der Waals surface area contributed by atoms with Crippen molar-refractivity contribution in [3.05, 3.63) is 21.9 Å². The first kappa shape index (κ1) is 16.5. The molecule has 0 aliphatic carbocycles. The van der Waals surface area contributed by atoms with Crippen molar-refractivity contribution in [1.82, 2.24) is 5.32 Å². The molecule has 20 heavy (non-hydrogen) atoms. The molecule has 1 amide bonds. The minimum Gasteiger partial charge on any atom is -0.465 e. The summed E-state index contributed by atoms with van der Waals surface area (Å²) in [6, 6.07) is 2.99. The van der Waals surface area contributed by atoms with Crippen LogP contribution in [0.25, 0.3) is 0 Å². The molecule has 112 valence electrons. The van der Waals surface area contributed by atoms with Gasteiger partial charge in [0.25, 0.3) is 0 Å². The fourth-order valence-electron chi connectivity index (χ4n) is 1.45. The molecule has 0 saturated heterocycles. The number of rotatable bonds is 4. The molecule has 7 heteroatoms. The van der Waals surface area contributed by atoms with Crippen molar-refractivity contribution < 1.29 is 19.1 Å². The molecule has 0 fully saturated rings. The molecule has 6 nitrogen and oxygen atoms in total. The number of carbonyl (C=O) groups excluding carboxylic acids is 2. The van der Waals surface area contributed by atoms with Crippen molar-refractivity contribution in [2.75, 3.05) is 13.7 Å². The van der Waals surface area contributed by atoms with Crippen LogP contribution in [0.1, 0.15) is 41.4 Å². The molecule has 0 saturated carbocycles. The first-order chi connectivity index (χ1) is 9.26. The van der Waals surface area contributed by atoms with Gasteiger partial charge in [-0.25, -0.2) is 9.59 Å². The van der Waals surface area contributed by atoms with E-state index in [1.54, 1.807) is 32.9 Å². The fraction of sp³-hybridized carbons (Fsp3) is 0.538. The molecular formula is C13H20N2O4S. The minimum atomic E-state index is -0.574.